The molecule has 4 aromatic rings. The number of methoxy groups -OCH3 is 2. The van der Waals surface area contributed by atoms with Crippen LogP contribution < -0.4 is 72.4 Å². The second-order valence-electron chi connectivity index (χ2n) is 15.8. The molecule has 3 heterocycles. The van der Waals surface area contributed by atoms with Crippen LogP contribution in [0.4, 0.5) is 22.7 Å². The SMILES string of the molecule is COc1cc(NC(=O)C[n+]2cccc(C(=O)NCCSCCNOCc3ccc[n+](CC(=O)Nc4ccc(NNC(=O)C(=O)NCCCN5CCOCC5)c(OC)c4)c3)c2)ccc1NNC(=O)C(=O)NCCO. The van der Waals surface area contributed by atoms with Gasteiger partial charge in [-0.05, 0) is 49.4 Å². The molecule has 1 fully saturated rings. The number of aliphatic hydroxyl groups excluding tert-OH is 1. The fourth-order valence-electron chi connectivity index (χ4n) is 6.77. The minimum absolute atomic E-state index is 0.0205. The maximum Gasteiger partial charge on any atom is 0.327 e. The van der Waals surface area contributed by atoms with Gasteiger partial charge in [0.2, 0.25) is 13.1 Å². The number of carbonyl (C=O) groups excluding carboxylic acids is 7. The lowest BCUT2D eigenvalue weighted by atomic mass is 10.2. The van der Waals surface area contributed by atoms with Crippen molar-refractivity contribution in [3.63, 3.8) is 0 Å². The van der Waals surface area contributed by atoms with Crippen molar-refractivity contribution in [2.45, 2.75) is 26.1 Å². The van der Waals surface area contributed by atoms with Crippen molar-refractivity contribution >= 4 is 75.9 Å². The van der Waals surface area contributed by atoms with Gasteiger partial charge in [-0.2, -0.15) is 20.9 Å². The summed E-state index contributed by atoms with van der Waals surface area (Å²) in [6, 6.07) is 16.4. The van der Waals surface area contributed by atoms with Crippen LogP contribution in [-0.4, -0.2) is 143 Å². The molecule has 0 saturated carbocycles. The summed E-state index contributed by atoms with van der Waals surface area (Å²) >= 11 is 1.62. The molecule has 2 aromatic carbocycles. The molecule has 2 aromatic heterocycles. The number of nitrogens with one attached hydrogen (secondary N) is 10. The van der Waals surface area contributed by atoms with E-state index in [9.17, 15) is 33.6 Å². The number of ether oxygens (including phenoxy) is 3. The summed E-state index contributed by atoms with van der Waals surface area (Å²) in [6.07, 6.45) is 7.51. The van der Waals surface area contributed by atoms with Crippen LogP contribution in [0.1, 0.15) is 22.3 Å². The number of aromatic nitrogens is 2. The van der Waals surface area contributed by atoms with Gasteiger partial charge >= 0.3 is 23.6 Å². The molecule has 5 rings (SSSR count). The number of morpholine rings is 1. The number of carbonyl (C=O) groups is 7. The number of benzene rings is 2. The Bertz CT molecular complexity index is 2500. The van der Waals surface area contributed by atoms with E-state index in [2.05, 4.69) is 58.7 Å². The van der Waals surface area contributed by atoms with Crippen LogP contribution in [0.15, 0.2) is 85.5 Å². The Labute approximate surface area is 425 Å². The summed E-state index contributed by atoms with van der Waals surface area (Å²) < 4.78 is 19.4. The lowest BCUT2D eigenvalue weighted by molar-refractivity contribution is -0.684. The molecule has 0 unspecified atom stereocenters. The number of thioether (sulfide) groups is 1. The van der Waals surface area contributed by atoms with Crippen LogP contribution in [-0.2, 0) is 58.0 Å². The maximum absolute atomic E-state index is 13.0. The fourth-order valence-corrected chi connectivity index (χ4v) is 7.45. The van der Waals surface area contributed by atoms with Gasteiger partial charge < -0.3 is 45.9 Å². The molecule has 25 nitrogen and oxygen atoms in total. The Hall–Kier alpha value is -7.62. The van der Waals surface area contributed by atoms with Crippen molar-refractivity contribution in [3.05, 3.63) is 96.6 Å². The fraction of sp³-hybridized carbons (Fsp3) is 0.383. The zero-order valence-electron chi connectivity index (χ0n) is 40.6. The predicted molar refractivity (Wildman–Crippen MR) is 267 cm³/mol. The second kappa shape index (κ2) is 31.0. The average molecular weight is 1030 g/mol. The monoisotopic (exact) mass is 1030 g/mol. The topological polar surface area (TPSA) is 308 Å². The van der Waals surface area contributed by atoms with Crippen LogP contribution in [0.25, 0.3) is 0 Å². The summed E-state index contributed by atoms with van der Waals surface area (Å²) in [6.45, 7) is 5.02. The first-order valence-electron chi connectivity index (χ1n) is 23.2. The first-order chi connectivity index (χ1) is 35.4. The smallest absolute Gasteiger partial charge is 0.327 e. The molecule has 73 heavy (non-hydrogen) atoms. The normalized spacial score (nSPS) is 12.1. The number of hydrogen-bond acceptors (Lipinski definition) is 17. The van der Waals surface area contributed by atoms with Crippen molar-refractivity contribution < 1.29 is 66.9 Å². The van der Waals surface area contributed by atoms with E-state index in [0.29, 0.717) is 84.8 Å². The highest BCUT2D eigenvalue weighted by molar-refractivity contribution is 7.99. The van der Waals surface area contributed by atoms with Crippen molar-refractivity contribution in [2.24, 2.45) is 0 Å². The molecule has 1 saturated heterocycles. The summed E-state index contributed by atoms with van der Waals surface area (Å²) in [7, 11) is 2.84. The second-order valence-corrected chi connectivity index (χ2v) is 17.1. The van der Waals surface area contributed by atoms with E-state index < -0.39 is 23.6 Å². The Balaban J connectivity index is 0.923. The summed E-state index contributed by atoms with van der Waals surface area (Å²) in [5, 5.41) is 22.1. The number of aliphatic hydroxyl groups is 1. The van der Waals surface area contributed by atoms with Crippen LogP contribution in [0, 0.1) is 0 Å². The molecule has 392 valence electrons. The van der Waals surface area contributed by atoms with Gasteiger partial charge in [-0.25, -0.2) is 5.48 Å². The van der Waals surface area contributed by atoms with Crippen LogP contribution in [0.2, 0.25) is 0 Å². The predicted octanol–water partition coefficient (Wildman–Crippen LogP) is -1.43. The van der Waals surface area contributed by atoms with Gasteiger partial charge in [0.05, 0.1) is 52.0 Å². The van der Waals surface area contributed by atoms with Gasteiger partial charge in [-0.1, -0.05) is 0 Å². The highest BCUT2D eigenvalue weighted by Crippen LogP contribution is 2.28. The van der Waals surface area contributed by atoms with Gasteiger partial charge in [-0.3, -0.25) is 65.0 Å². The highest BCUT2D eigenvalue weighted by Gasteiger charge is 2.19. The number of anilines is 4. The number of rotatable bonds is 28. The molecule has 0 bridgehead atoms. The minimum atomic E-state index is -0.975. The molecular formula is C47H63N13O12S+2. The Morgan fingerprint density at radius 3 is 1.86 bits per heavy atom. The summed E-state index contributed by atoms with van der Waals surface area (Å²) in [5.74, 6) is -2.54. The standard InChI is InChI=1S/C47H61N13O12S/c1-69-39-26-35(8-10-37(39)54-56-46(67)44(65)48-12-5-18-58-19-22-71-23-20-58)52-41(62)30-59-16-3-6-33(28-59)32-72-51-15-25-73-24-14-50-43(64)34-7-4-17-60(29-34)31-42(63)53-36-9-11-38(40(27-36)70-2)55-57-47(68)45(66)49-13-21-61/h3-4,6-11,16-17,26-29,51,61H,5,12-15,18-25,30-32H2,1-2H3,(H7-2,48,49,50,52,53,54,55,56,57,62,63,64,65,66,67,68)/p+2. The summed E-state index contributed by atoms with van der Waals surface area (Å²) in [5.41, 5.74) is 15.6. The van der Waals surface area contributed by atoms with E-state index in [4.69, 9.17) is 24.2 Å². The third-order valence-corrected chi connectivity index (χ3v) is 11.3. The lowest BCUT2D eigenvalue weighted by Crippen LogP contribution is -2.43. The lowest BCUT2D eigenvalue weighted by Gasteiger charge is -2.26. The van der Waals surface area contributed by atoms with Crippen molar-refractivity contribution in [3.8, 4) is 11.5 Å². The number of pyridine rings is 2. The van der Waals surface area contributed by atoms with E-state index in [1.165, 1.54) is 26.4 Å². The Morgan fingerprint density at radius 1 is 0.685 bits per heavy atom. The van der Waals surface area contributed by atoms with Crippen LogP contribution in [0.5, 0.6) is 11.5 Å². The molecular weight excluding hydrogens is 971 g/mol. The molecule has 0 radical (unpaired) electrons. The minimum Gasteiger partial charge on any atom is -0.494 e. The van der Waals surface area contributed by atoms with E-state index in [1.54, 1.807) is 82.1 Å². The van der Waals surface area contributed by atoms with E-state index in [1.807, 2.05) is 12.1 Å². The van der Waals surface area contributed by atoms with Gasteiger partial charge in [-0.15, -0.1) is 0 Å². The quantitative estimate of drug-likeness (QED) is 0.0135. The highest BCUT2D eigenvalue weighted by atomic mass is 32.2. The van der Waals surface area contributed by atoms with Crippen molar-refractivity contribution in [1.29, 1.82) is 0 Å². The first kappa shape index (κ1) is 56.3. The molecule has 11 N–H and O–H groups in total. The van der Waals surface area contributed by atoms with E-state index in [-0.39, 0.29) is 56.3 Å². The first-order valence-corrected chi connectivity index (χ1v) is 24.3. The zero-order valence-corrected chi connectivity index (χ0v) is 41.4. The van der Waals surface area contributed by atoms with Crippen molar-refractivity contribution in [2.75, 3.05) is 113 Å². The van der Waals surface area contributed by atoms with Crippen LogP contribution >= 0.6 is 11.8 Å². The molecule has 0 atom stereocenters. The Morgan fingerprint density at radius 2 is 1.26 bits per heavy atom. The van der Waals surface area contributed by atoms with E-state index in [0.717, 1.165) is 25.2 Å². The third-order valence-electron chi connectivity index (χ3n) is 10.4. The maximum atomic E-state index is 13.0. The van der Waals surface area contributed by atoms with Gasteiger partial charge in [0.15, 0.2) is 24.8 Å². The number of nitrogens with zero attached hydrogens (tertiary/aromatic N) is 3. The van der Waals surface area contributed by atoms with E-state index >= 15 is 0 Å². The van der Waals surface area contributed by atoms with Gasteiger partial charge in [0.25, 0.3) is 17.7 Å². The molecule has 26 heteroatoms. The largest absolute Gasteiger partial charge is 0.494 e. The van der Waals surface area contributed by atoms with Gasteiger partial charge in [0, 0.05) is 92.0 Å². The number of hydroxylamine groups is 1. The number of hydrazine groups is 2. The average Bonchev–Trinajstić information content (AvgIpc) is 3.40. The number of hydrogen-bond donors (Lipinski definition) is 11. The molecule has 7 amide bonds. The molecule has 0 spiro atoms. The Kier molecular flexibility index (Phi) is 23.9. The van der Waals surface area contributed by atoms with Crippen molar-refractivity contribution in [1.82, 2.24) is 37.2 Å². The molecule has 1 aliphatic rings. The van der Waals surface area contributed by atoms with Gasteiger partial charge in [0.1, 0.15) is 17.1 Å². The molecule has 1 aliphatic heterocycles. The third kappa shape index (κ3) is 20.2. The summed E-state index contributed by atoms with van der Waals surface area (Å²) in [4.78, 5) is 94.8. The van der Waals surface area contributed by atoms with Crippen LogP contribution in [0.3, 0.4) is 0 Å². The number of amides is 7. The molecule has 0 aliphatic carbocycles. The zero-order chi connectivity index (χ0) is 52.2.